The first-order chi connectivity index (χ1) is 9.58. The van der Waals surface area contributed by atoms with E-state index in [1.807, 2.05) is 24.3 Å². The fourth-order valence-corrected chi connectivity index (χ4v) is 2.62. The Morgan fingerprint density at radius 2 is 2.15 bits per heavy atom. The molecule has 1 aromatic carbocycles. The van der Waals surface area contributed by atoms with Gasteiger partial charge in [0.15, 0.2) is 0 Å². The van der Waals surface area contributed by atoms with E-state index < -0.39 is 0 Å². The summed E-state index contributed by atoms with van der Waals surface area (Å²) in [6, 6.07) is 8.06. The number of rotatable bonds is 6. The molecular formula is C15H22N2O2S. The predicted molar refractivity (Wildman–Crippen MR) is 84.3 cm³/mol. The number of ether oxygens (including phenoxy) is 2. The van der Waals surface area contributed by atoms with Crippen molar-refractivity contribution in [2.24, 2.45) is 5.73 Å². The van der Waals surface area contributed by atoms with Gasteiger partial charge in [0.25, 0.3) is 0 Å². The van der Waals surface area contributed by atoms with Crippen LogP contribution in [0.25, 0.3) is 0 Å². The molecule has 2 rings (SSSR count). The van der Waals surface area contributed by atoms with Crippen LogP contribution in [0, 0.1) is 0 Å². The highest BCUT2D eigenvalue weighted by Crippen LogP contribution is 2.18. The van der Waals surface area contributed by atoms with Gasteiger partial charge in [-0.05, 0) is 44.7 Å². The molecule has 2 unspecified atom stereocenters. The van der Waals surface area contributed by atoms with E-state index in [1.54, 1.807) is 0 Å². The van der Waals surface area contributed by atoms with E-state index in [4.69, 9.17) is 27.4 Å². The third kappa shape index (κ3) is 3.91. The lowest BCUT2D eigenvalue weighted by Crippen LogP contribution is -2.39. The van der Waals surface area contributed by atoms with Crippen molar-refractivity contribution >= 4 is 17.2 Å². The number of hydrogen-bond acceptors (Lipinski definition) is 4. The minimum atomic E-state index is 0.310. The number of nitrogens with zero attached hydrogens (tertiary/aromatic N) is 1. The summed E-state index contributed by atoms with van der Waals surface area (Å²) < 4.78 is 11.3. The van der Waals surface area contributed by atoms with Gasteiger partial charge in [0.05, 0.1) is 6.10 Å². The van der Waals surface area contributed by atoms with Crippen molar-refractivity contribution in [1.29, 1.82) is 0 Å². The van der Waals surface area contributed by atoms with E-state index >= 15 is 0 Å². The van der Waals surface area contributed by atoms with Crippen LogP contribution in [-0.4, -0.2) is 48.8 Å². The van der Waals surface area contributed by atoms with Crippen LogP contribution in [0.15, 0.2) is 24.3 Å². The van der Waals surface area contributed by atoms with Gasteiger partial charge in [0, 0.05) is 24.8 Å². The monoisotopic (exact) mass is 294 g/mol. The molecule has 0 bridgehead atoms. The molecule has 1 aliphatic rings. The van der Waals surface area contributed by atoms with Crippen LogP contribution < -0.4 is 10.5 Å². The second-order valence-electron chi connectivity index (χ2n) is 5.15. The van der Waals surface area contributed by atoms with Crippen molar-refractivity contribution in [2.75, 3.05) is 26.8 Å². The topological polar surface area (TPSA) is 47.7 Å². The molecule has 1 saturated heterocycles. The van der Waals surface area contributed by atoms with Gasteiger partial charge >= 0.3 is 0 Å². The maximum absolute atomic E-state index is 5.74. The summed E-state index contributed by atoms with van der Waals surface area (Å²) in [6.45, 7) is 4.53. The first kappa shape index (κ1) is 15.2. The Labute approximate surface area is 125 Å². The van der Waals surface area contributed by atoms with Crippen molar-refractivity contribution in [2.45, 2.75) is 25.5 Å². The minimum absolute atomic E-state index is 0.310. The largest absolute Gasteiger partial charge is 0.492 e. The second kappa shape index (κ2) is 7.02. The zero-order valence-electron chi connectivity index (χ0n) is 12.0. The molecule has 4 nitrogen and oxygen atoms in total. The van der Waals surface area contributed by atoms with Crippen LogP contribution in [0.4, 0.5) is 0 Å². The Balaban J connectivity index is 1.76. The number of thiocarbonyl (C=S) groups is 1. The Hall–Kier alpha value is -1.17. The van der Waals surface area contributed by atoms with Gasteiger partial charge in [-0.1, -0.05) is 12.2 Å². The number of likely N-dealkylation sites (N-methyl/N-ethyl adjacent to an activating group) is 1. The molecule has 110 valence electrons. The average Bonchev–Trinajstić information content (AvgIpc) is 2.85. The van der Waals surface area contributed by atoms with Crippen LogP contribution in [0.1, 0.15) is 18.9 Å². The Morgan fingerprint density at radius 3 is 2.70 bits per heavy atom. The van der Waals surface area contributed by atoms with Crippen LogP contribution in [0.2, 0.25) is 0 Å². The van der Waals surface area contributed by atoms with Crippen molar-refractivity contribution < 1.29 is 9.47 Å². The van der Waals surface area contributed by atoms with E-state index in [9.17, 15) is 0 Å². The summed E-state index contributed by atoms with van der Waals surface area (Å²) in [5.41, 5.74) is 6.42. The molecule has 1 aliphatic heterocycles. The molecule has 0 aliphatic carbocycles. The van der Waals surface area contributed by atoms with Gasteiger partial charge in [-0.15, -0.1) is 0 Å². The minimum Gasteiger partial charge on any atom is -0.492 e. The first-order valence-corrected chi connectivity index (χ1v) is 7.33. The lowest BCUT2D eigenvalue weighted by molar-refractivity contribution is 0.0787. The van der Waals surface area contributed by atoms with Crippen molar-refractivity contribution in [3.8, 4) is 5.75 Å². The molecule has 0 radical (unpaired) electrons. The Kier molecular flexibility index (Phi) is 5.34. The molecule has 20 heavy (non-hydrogen) atoms. The number of benzene rings is 1. The van der Waals surface area contributed by atoms with Gasteiger partial charge in [0.2, 0.25) is 0 Å². The number of nitrogens with two attached hydrogens (primary N) is 1. The average molecular weight is 294 g/mol. The quantitative estimate of drug-likeness (QED) is 0.811. The summed E-state index contributed by atoms with van der Waals surface area (Å²) in [7, 11) is 2.12. The standard InChI is InChI=1S/C15H22N2O2S/c1-11-14(7-9-18-11)17(2)8-10-19-13-5-3-12(4-6-13)15(16)20/h3-6,11,14H,7-10H2,1-2H3,(H2,16,20). The van der Waals surface area contributed by atoms with Gasteiger partial charge in [-0.25, -0.2) is 0 Å². The normalized spacial score (nSPS) is 22.1. The lowest BCUT2D eigenvalue weighted by Gasteiger charge is -2.26. The zero-order chi connectivity index (χ0) is 14.5. The molecule has 0 saturated carbocycles. The Bertz CT molecular complexity index is 450. The molecule has 1 heterocycles. The maximum atomic E-state index is 5.74. The van der Waals surface area contributed by atoms with Crippen molar-refractivity contribution in [1.82, 2.24) is 4.90 Å². The van der Waals surface area contributed by atoms with Gasteiger partial charge in [-0.2, -0.15) is 0 Å². The van der Waals surface area contributed by atoms with Gasteiger partial charge < -0.3 is 15.2 Å². The van der Waals surface area contributed by atoms with E-state index in [-0.39, 0.29) is 0 Å². The molecule has 5 heteroatoms. The van der Waals surface area contributed by atoms with Crippen LogP contribution in [0.3, 0.4) is 0 Å². The summed E-state index contributed by atoms with van der Waals surface area (Å²) >= 11 is 4.92. The predicted octanol–water partition coefficient (Wildman–Crippen LogP) is 1.81. The van der Waals surface area contributed by atoms with Crippen LogP contribution in [0.5, 0.6) is 5.75 Å². The van der Waals surface area contributed by atoms with Crippen molar-refractivity contribution in [3.05, 3.63) is 29.8 Å². The second-order valence-corrected chi connectivity index (χ2v) is 5.59. The SMILES string of the molecule is CC1OCCC1N(C)CCOc1ccc(C(N)=S)cc1. The van der Waals surface area contributed by atoms with Gasteiger partial charge in [0.1, 0.15) is 17.3 Å². The molecular weight excluding hydrogens is 272 g/mol. The highest BCUT2D eigenvalue weighted by Gasteiger charge is 2.27. The molecule has 0 amide bonds. The van der Waals surface area contributed by atoms with E-state index in [1.165, 1.54) is 0 Å². The molecule has 2 atom stereocenters. The summed E-state index contributed by atoms with van der Waals surface area (Å²) in [4.78, 5) is 2.72. The first-order valence-electron chi connectivity index (χ1n) is 6.92. The zero-order valence-corrected chi connectivity index (χ0v) is 12.9. The summed E-state index contributed by atoms with van der Waals surface area (Å²) in [5, 5.41) is 0. The summed E-state index contributed by atoms with van der Waals surface area (Å²) in [5.74, 6) is 0.842. The fraction of sp³-hybridized carbons (Fsp3) is 0.533. The van der Waals surface area contributed by atoms with E-state index in [0.717, 1.165) is 30.9 Å². The van der Waals surface area contributed by atoms with E-state index in [2.05, 4.69) is 18.9 Å². The van der Waals surface area contributed by atoms with Gasteiger partial charge in [-0.3, -0.25) is 4.90 Å². The molecule has 1 aromatic rings. The highest BCUT2D eigenvalue weighted by atomic mass is 32.1. The third-order valence-electron chi connectivity index (χ3n) is 3.75. The lowest BCUT2D eigenvalue weighted by atomic mass is 10.1. The fourth-order valence-electron chi connectivity index (χ4n) is 2.49. The highest BCUT2D eigenvalue weighted by molar-refractivity contribution is 7.80. The smallest absolute Gasteiger partial charge is 0.119 e. The molecule has 1 fully saturated rings. The Morgan fingerprint density at radius 1 is 1.45 bits per heavy atom. The molecule has 0 aromatic heterocycles. The third-order valence-corrected chi connectivity index (χ3v) is 3.99. The summed E-state index contributed by atoms with van der Waals surface area (Å²) in [6.07, 6.45) is 1.41. The molecule has 2 N–H and O–H groups in total. The van der Waals surface area contributed by atoms with E-state index in [0.29, 0.717) is 23.7 Å². The van der Waals surface area contributed by atoms with Crippen molar-refractivity contribution in [3.63, 3.8) is 0 Å². The number of hydrogen-bond donors (Lipinski definition) is 1. The maximum Gasteiger partial charge on any atom is 0.119 e. The van der Waals surface area contributed by atoms with Crippen LogP contribution in [-0.2, 0) is 4.74 Å². The molecule has 0 spiro atoms. The van der Waals surface area contributed by atoms with Crippen LogP contribution >= 0.6 is 12.2 Å².